The van der Waals surface area contributed by atoms with E-state index in [1.807, 2.05) is 14.1 Å². The largest absolute Gasteiger partial charge is 0.358 e. The summed E-state index contributed by atoms with van der Waals surface area (Å²) in [5.74, 6) is 0.0415. The van der Waals surface area contributed by atoms with Crippen molar-refractivity contribution in [1.29, 1.82) is 0 Å². The second kappa shape index (κ2) is 7.06. The Morgan fingerprint density at radius 2 is 2.08 bits per heavy atom. The molecule has 0 aromatic rings. The van der Waals surface area contributed by atoms with Crippen LogP contribution in [0.5, 0.6) is 0 Å². The molecule has 0 saturated heterocycles. The summed E-state index contributed by atoms with van der Waals surface area (Å²) in [6.45, 7) is 2.37. The number of likely N-dealkylation sites (N-methyl/N-ethyl adjacent to an activating group) is 1. The third-order valence-corrected chi connectivity index (χ3v) is 1.52. The number of rotatable bonds is 6. The number of hydrogen-bond donors (Lipinski definition) is 2. The Hall–Kier alpha value is -0.610. The van der Waals surface area contributed by atoms with E-state index in [-0.39, 0.29) is 5.91 Å². The SMILES string of the molecule is CNC(=O)CNCCCN(C)C. The molecule has 0 rings (SSSR count). The Morgan fingerprint density at radius 1 is 1.42 bits per heavy atom. The molecule has 0 spiro atoms. The molecule has 0 aromatic carbocycles. The first-order valence-electron chi connectivity index (χ1n) is 4.23. The van der Waals surface area contributed by atoms with E-state index in [0.717, 1.165) is 19.5 Å². The van der Waals surface area contributed by atoms with Gasteiger partial charge in [0.15, 0.2) is 0 Å². The summed E-state index contributed by atoms with van der Waals surface area (Å²) in [7, 11) is 5.72. The summed E-state index contributed by atoms with van der Waals surface area (Å²) in [5, 5.41) is 5.61. The zero-order valence-electron chi connectivity index (χ0n) is 8.18. The van der Waals surface area contributed by atoms with Crippen molar-refractivity contribution >= 4 is 5.91 Å². The molecular formula is C8H19N3O. The van der Waals surface area contributed by atoms with Crippen LogP contribution in [-0.2, 0) is 4.79 Å². The molecular weight excluding hydrogens is 154 g/mol. The minimum atomic E-state index is 0.0415. The van der Waals surface area contributed by atoms with Gasteiger partial charge in [-0.3, -0.25) is 4.79 Å². The fourth-order valence-corrected chi connectivity index (χ4v) is 0.811. The Morgan fingerprint density at radius 3 is 2.58 bits per heavy atom. The second-order valence-corrected chi connectivity index (χ2v) is 3.01. The highest BCUT2D eigenvalue weighted by Crippen LogP contribution is 1.79. The Balaban J connectivity index is 3.05. The second-order valence-electron chi connectivity index (χ2n) is 3.01. The van der Waals surface area contributed by atoms with Crippen LogP contribution in [-0.4, -0.2) is 51.6 Å². The van der Waals surface area contributed by atoms with Gasteiger partial charge in [-0.25, -0.2) is 0 Å². The molecule has 0 heterocycles. The third kappa shape index (κ3) is 7.50. The maximum Gasteiger partial charge on any atom is 0.233 e. The summed E-state index contributed by atoms with van der Waals surface area (Å²) in [6.07, 6.45) is 1.07. The molecule has 0 radical (unpaired) electrons. The summed E-state index contributed by atoms with van der Waals surface area (Å²) in [5.41, 5.74) is 0. The number of nitrogens with one attached hydrogen (secondary N) is 2. The van der Waals surface area contributed by atoms with Gasteiger partial charge >= 0.3 is 0 Å². The van der Waals surface area contributed by atoms with Crippen LogP contribution in [0.3, 0.4) is 0 Å². The van der Waals surface area contributed by atoms with E-state index < -0.39 is 0 Å². The average molecular weight is 173 g/mol. The van der Waals surface area contributed by atoms with E-state index in [4.69, 9.17) is 0 Å². The molecule has 0 aliphatic heterocycles. The highest BCUT2D eigenvalue weighted by atomic mass is 16.1. The number of hydrogen-bond acceptors (Lipinski definition) is 3. The summed E-state index contributed by atoms with van der Waals surface area (Å²) >= 11 is 0. The topological polar surface area (TPSA) is 44.4 Å². The van der Waals surface area contributed by atoms with Crippen molar-refractivity contribution in [1.82, 2.24) is 15.5 Å². The lowest BCUT2D eigenvalue weighted by atomic mass is 10.4. The molecule has 0 aromatic heterocycles. The van der Waals surface area contributed by atoms with Crippen LogP contribution in [0, 0.1) is 0 Å². The normalized spacial score (nSPS) is 10.3. The first-order chi connectivity index (χ1) is 5.66. The first-order valence-corrected chi connectivity index (χ1v) is 4.23. The highest BCUT2D eigenvalue weighted by Gasteiger charge is 1.95. The third-order valence-electron chi connectivity index (χ3n) is 1.52. The maximum absolute atomic E-state index is 10.7. The van der Waals surface area contributed by atoms with E-state index >= 15 is 0 Å². The summed E-state index contributed by atoms with van der Waals surface area (Å²) < 4.78 is 0. The molecule has 0 atom stereocenters. The van der Waals surface area contributed by atoms with E-state index in [1.54, 1.807) is 7.05 Å². The molecule has 4 nitrogen and oxygen atoms in total. The van der Waals surface area contributed by atoms with E-state index in [9.17, 15) is 4.79 Å². The van der Waals surface area contributed by atoms with Gasteiger partial charge in [0, 0.05) is 7.05 Å². The van der Waals surface area contributed by atoms with E-state index in [1.165, 1.54) is 0 Å². The van der Waals surface area contributed by atoms with Crippen molar-refractivity contribution in [3.05, 3.63) is 0 Å². The predicted molar refractivity (Wildman–Crippen MR) is 50.1 cm³/mol. The lowest BCUT2D eigenvalue weighted by Crippen LogP contribution is -2.32. The minimum absolute atomic E-state index is 0.0415. The molecule has 0 bridgehead atoms. The fraction of sp³-hybridized carbons (Fsp3) is 0.875. The molecule has 4 heteroatoms. The summed E-state index contributed by atoms with van der Waals surface area (Å²) in [6, 6.07) is 0. The van der Waals surface area contributed by atoms with Crippen LogP contribution in [0.15, 0.2) is 0 Å². The molecule has 12 heavy (non-hydrogen) atoms. The van der Waals surface area contributed by atoms with Crippen LogP contribution < -0.4 is 10.6 Å². The van der Waals surface area contributed by atoms with Crippen molar-refractivity contribution in [2.45, 2.75) is 6.42 Å². The highest BCUT2D eigenvalue weighted by molar-refractivity contribution is 5.77. The standard InChI is InChI=1S/C8H19N3O/c1-9-8(12)7-10-5-4-6-11(2)3/h10H,4-7H2,1-3H3,(H,9,12). The minimum Gasteiger partial charge on any atom is -0.358 e. The van der Waals surface area contributed by atoms with Crippen molar-refractivity contribution in [2.24, 2.45) is 0 Å². The monoisotopic (exact) mass is 173 g/mol. The Bertz CT molecular complexity index is 125. The average Bonchev–Trinajstić information content (AvgIpc) is 2.03. The quantitative estimate of drug-likeness (QED) is 0.521. The van der Waals surface area contributed by atoms with E-state index in [0.29, 0.717) is 6.54 Å². The van der Waals surface area contributed by atoms with Gasteiger partial charge in [0.2, 0.25) is 5.91 Å². The van der Waals surface area contributed by atoms with Crippen molar-refractivity contribution in [2.75, 3.05) is 40.8 Å². The molecule has 2 N–H and O–H groups in total. The molecule has 1 amide bonds. The zero-order valence-corrected chi connectivity index (χ0v) is 8.18. The van der Waals surface area contributed by atoms with Crippen LogP contribution >= 0.6 is 0 Å². The van der Waals surface area contributed by atoms with Gasteiger partial charge in [-0.15, -0.1) is 0 Å². The lowest BCUT2D eigenvalue weighted by molar-refractivity contribution is -0.119. The molecule has 0 fully saturated rings. The van der Waals surface area contributed by atoms with Crippen LogP contribution in [0.4, 0.5) is 0 Å². The Labute approximate surface area is 74.3 Å². The van der Waals surface area contributed by atoms with Crippen molar-refractivity contribution in [3.63, 3.8) is 0 Å². The van der Waals surface area contributed by atoms with Crippen LogP contribution in [0.1, 0.15) is 6.42 Å². The van der Waals surface area contributed by atoms with Gasteiger partial charge in [0.25, 0.3) is 0 Å². The number of amides is 1. The maximum atomic E-state index is 10.7. The molecule has 0 unspecified atom stereocenters. The van der Waals surface area contributed by atoms with Crippen LogP contribution in [0.25, 0.3) is 0 Å². The van der Waals surface area contributed by atoms with Gasteiger partial charge < -0.3 is 15.5 Å². The number of nitrogens with zero attached hydrogens (tertiary/aromatic N) is 1. The van der Waals surface area contributed by atoms with Crippen LogP contribution in [0.2, 0.25) is 0 Å². The molecule has 0 saturated carbocycles. The van der Waals surface area contributed by atoms with Gasteiger partial charge in [-0.1, -0.05) is 0 Å². The number of carbonyl (C=O) groups excluding carboxylic acids is 1. The smallest absolute Gasteiger partial charge is 0.233 e. The van der Waals surface area contributed by atoms with Crippen molar-refractivity contribution < 1.29 is 4.79 Å². The molecule has 0 aliphatic carbocycles. The zero-order chi connectivity index (χ0) is 9.40. The fourth-order valence-electron chi connectivity index (χ4n) is 0.811. The lowest BCUT2D eigenvalue weighted by Gasteiger charge is -2.09. The predicted octanol–water partition coefficient (Wildman–Crippen LogP) is -0.726. The molecule has 72 valence electrons. The van der Waals surface area contributed by atoms with Crippen molar-refractivity contribution in [3.8, 4) is 0 Å². The Kier molecular flexibility index (Phi) is 6.70. The van der Waals surface area contributed by atoms with Gasteiger partial charge in [-0.2, -0.15) is 0 Å². The first kappa shape index (κ1) is 11.4. The molecule has 0 aliphatic rings. The van der Waals surface area contributed by atoms with E-state index in [2.05, 4.69) is 15.5 Å². The van der Waals surface area contributed by atoms with Gasteiger partial charge in [-0.05, 0) is 33.6 Å². The summed E-state index contributed by atoms with van der Waals surface area (Å²) in [4.78, 5) is 12.9. The van der Waals surface area contributed by atoms with Gasteiger partial charge in [0.05, 0.1) is 6.54 Å². The van der Waals surface area contributed by atoms with Gasteiger partial charge in [0.1, 0.15) is 0 Å². The number of carbonyl (C=O) groups is 1.